The number of azo groups is 1. The third kappa shape index (κ3) is 2.95. The summed E-state index contributed by atoms with van der Waals surface area (Å²) in [5.74, 6) is 1.20. The maximum atomic E-state index is 9.33. The number of fused-ring (bicyclic) bond motifs is 1. The lowest BCUT2D eigenvalue weighted by molar-refractivity contribution is 0.282. The van der Waals surface area contributed by atoms with Gasteiger partial charge in [-0.15, -0.1) is 10.2 Å². The molecule has 3 aromatic heterocycles. The summed E-state index contributed by atoms with van der Waals surface area (Å²) in [7, 11) is 0. The number of imidazole rings is 1. The number of rotatable bonds is 4. The molecule has 6 nitrogen and oxygen atoms in total. The number of hydrogen-bond donors (Lipinski definition) is 1. The van der Waals surface area contributed by atoms with Gasteiger partial charge in [0.05, 0.1) is 18.6 Å². The Bertz CT molecular complexity index is 1030. The fourth-order valence-corrected chi connectivity index (χ4v) is 2.56. The molecule has 0 unspecified atom stereocenters. The Morgan fingerprint density at radius 2 is 1.96 bits per heavy atom. The van der Waals surface area contributed by atoms with Crippen molar-refractivity contribution in [2.24, 2.45) is 10.2 Å². The normalized spacial score (nSPS) is 11.6. The standard InChI is InChI=1S/C19H16N4O2/c1-13-4-6-15(7-5-13)21-22-19-18(16-3-2-10-25-16)20-17-11-14(12-24)8-9-23(17)19/h2-11,24H,12H2,1H3. The summed E-state index contributed by atoms with van der Waals surface area (Å²) in [6, 6.07) is 15.1. The van der Waals surface area contributed by atoms with Crippen LogP contribution < -0.4 is 0 Å². The van der Waals surface area contributed by atoms with E-state index in [0.29, 0.717) is 22.9 Å². The summed E-state index contributed by atoms with van der Waals surface area (Å²) in [5, 5.41) is 18.1. The van der Waals surface area contributed by atoms with Gasteiger partial charge in [0.1, 0.15) is 5.65 Å². The van der Waals surface area contributed by atoms with E-state index >= 15 is 0 Å². The molecule has 0 atom stereocenters. The Morgan fingerprint density at radius 3 is 2.68 bits per heavy atom. The first-order valence-corrected chi connectivity index (χ1v) is 7.89. The molecule has 6 heteroatoms. The van der Waals surface area contributed by atoms with Crippen molar-refractivity contribution in [2.75, 3.05) is 0 Å². The summed E-state index contributed by atoms with van der Waals surface area (Å²) in [6.45, 7) is 1.98. The zero-order valence-corrected chi connectivity index (χ0v) is 13.6. The molecule has 0 aliphatic heterocycles. The predicted molar refractivity (Wildman–Crippen MR) is 94.2 cm³/mol. The first-order chi connectivity index (χ1) is 12.2. The minimum absolute atomic E-state index is 0.0420. The SMILES string of the molecule is Cc1ccc(N=Nc2c(-c3ccco3)nc3cc(CO)ccn23)cc1. The summed E-state index contributed by atoms with van der Waals surface area (Å²) >= 11 is 0. The maximum absolute atomic E-state index is 9.33. The molecule has 0 amide bonds. The van der Waals surface area contributed by atoms with Crippen molar-refractivity contribution < 1.29 is 9.52 Å². The van der Waals surface area contributed by atoms with Crippen molar-refractivity contribution in [2.45, 2.75) is 13.5 Å². The lowest BCUT2D eigenvalue weighted by Gasteiger charge is -1.99. The van der Waals surface area contributed by atoms with Crippen LogP contribution in [-0.2, 0) is 6.61 Å². The van der Waals surface area contributed by atoms with Crippen LogP contribution in [0.2, 0.25) is 0 Å². The van der Waals surface area contributed by atoms with Crippen molar-refractivity contribution >= 4 is 17.2 Å². The summed E-state index contributed by atoms with van der Waals surface area (Å²) < 4.78 is 7.32. The van der Waals surface area contributed by atoms with Gasteiger partial charge in [0.15, 0.2) is 17.3 Å². The van der Waals surface area contributed by atoms with Crippen LogP contribution >= 0.6 is 0 Å². The summed E-state index contributed by atoms with van der Waals surface area (Å²) in [4.78, 5) is 4.59. The first kappa shape index (κ1) is 15.3. The van der Waals surface area contributed by atoms with E-state index in [-0.39, 0.29) is 6.61 Å². The molecule has 0 saturated heterocycles. The Balaban J connectivity index is 1.85. The molecule has 1 aromatic carbocycles. The van der Waals surface area contributed by atoms with Crippen molar-refractivity contribution in [1.82, 2.24) is 9.38 Å². The minimum atomic E-state index is -0.0420. The molecular formula is C19H16N4O2. The highest BCUT2D eigenvalue weighted by Crippen LogP contribution is 2.32. The second-order valence-corrected chi connectivity index (χ2v) is 5.72. The predicted octanol–water partition coefficient (Wildman–Crippen LogP) is 4.81. The number of aliphatic hydroxyl groups is 1. The topological polar surface area (TPSA) is 75.4 Å². The number of furan rings is 1. The number of aryl methyl sites for hydroxylation is 1. The highest BCUT2D eigenvalue weighted by atomic mass is 16.3. The molecule has 1 N–H and O–H groups in total. The average molecular weight is 332 g/mol. The monoisotopic (exact) mass is 332 g/mol. The van der Waals surface area contributed by atoms with Gasteiger partial charge >= 0.3 is 0 Å². The average Bonchev–Trinajstić information content (AvgIpc) is 3.28. The van der Waals surface area contributed by atoms with Gasteiger partial charge in [-0.05, 0) is 48.9 Å². The molecule has 0 radical (unpaired) electrons. The van der Waals surface area contributed by atoms with Crippen molar-refractivity contribution in [3.63, 3.8) is 0 Å². The van der Waals surface area contributed by atoms with Gasteiger partial charge in [-0.25, -0.2) is 4.98 Å². The molecule has 25 heavy (non-hydrogen) atoms. The molecule has 0 saturated carbocycles. The zero-order valence-electron chi connectivity index (χ0n) is 13.6. The van der Waals surface area contributed by atoms with Crippen LogP contribution in [-0.4, -0.2) is 14.5 Å². The Labute approximate surface area is 144 Å². The molecule has 0 bridgehead atoms. The Kier molecular flexibility index (Phi) is 3.87. The highest BCUT2D eigenvalue weighted by molar-refractivity contribution is 5.71. The van der Waals surface area contributed by atoms with Crippen LogP contribution in [0.25, 0.3) is 17.1 Å². The number of benzene rings is 1. The summed E-state index contributed by atoms with van der Waals surface area (Å²) in [5.41, 5.74) is 4.00. The third-order valence-corrected chi connectivity index (χ3v) is 3.90. The molecule has 0 fully saturated rings. The van der Waals surface area contributed by atoms with Gasteiger partial charge in [-0.2, -0.15) is 0 Å². The van der Waals surface area contributed by atoms with Crippen LogP contribution in [0.3, 0.4) is 0 Å². The van der Waals surface area contributed by atoms with Crippen LogP contribution in [0.15, 0.2) is 75.6 Å². The smallest absolute Gasteiger partial charge is 0.190 e. The van der Waals surface area contributed by atoms with Gasteiger partial charge < -0.3 is 9.52 Å². The van der Waals surface area contributed by atoms with Crippen molar-refractivity contribution in [3.8, 4) is 11.5 Å². The third-order valence-electron chi connectivity index (χ3n) is 3.90. The van der Waals surface area contributed by atoms with Gasteiger partial charge in [-0.3, -0.25) is 4.40 Å². The zero-order chi connectivity index (χ0) is 17.2. The molecular weight excluding hydrogens is 316 g/mol. The first-order valence-electron chi connectivity index (χ1n) is 7.89. The van der Waals surface area contributed by atoms with Gasteiger partial charge in [0.2, 0.25) is 0 Å². The number of nitrogens with zero attached hydrogens (tertiary/aromatic N) is 4. The van der Waals surface area contributed by atoms with E-state index in [0.717, 1.165) is 11.3 Å². The van der Waals surface area contributed by atoms with Gasteiger partial charge in [-0.1, -0.05) is 17.7 Å². The molecule has 0 aliphatic carbocycles. The highest BCUT2D eigenvalue weighted by Gasteiger charge is 2.16. The molecule has 4 aromatic rings. The lowest BCUT2D eigenvalue weighted by Crippen LogP contribution is -1.88. The van der Waals surface area contributed by atoms with E-state index in [2.05, 4.69) is 15.2 Å². The Morgan fingerprint density at radius 1 is 1.12 bits per heavy atom. The number of pyridine rings is 1. The molecule has 0 aliphatic rings. The number of aliphatic hydroxyl groups excluding tert-OH is 1. The molecule has 124 valence electrons. The molecule has 3 heterocycles. The fraction of sp³-hybridized carbons (Fsp3) is 0.105. The van der Waals surface area contributed by atoms with Gasteiger partial charge in [0.25, 0.3) is 0 Å². The van der Waals surface area contributed by atoms with Crippen LogP contribution in [0.5, 0.6) is 0 Å². The van der Waals surface area contributed by atoms with Crippen molar-refractivity contribution in [1.29, 1.82) is 0 Å². The fourth-order valence-electron chi connectivity index (χ4n) is 2.56. The summed E-state index contributed by atoms with van der Waals surface area (Å²) in [6.07, 6.45) is 3.42. The van der Waals surface area contributed by atoms with Gasteiger partial charge in [0, 0.05) is 6.20 Å². The van der Waals surface area contributed by atoms with E-state index in [1.165, 1.54) is 5.56 Å². The second-order valence-electron chi connectivity index (χ2n) is 5.72. The number of hydrogen-bond acceptors (Lipinski definition) is 5. The van der Waals surface area contributed by atoms with Crippen LogP contribution in [0.4, 0.5) is 11.5 Å². The van der Waals surface area contributed by atoms with E-state index in [1.54, 1.807) is 12.3 Å². The number of aromatic nitrogens is 2. The van der Waals surface area contributed by atoms with E-state index in [1.807, 2.05) is 60.0 Å². The molecule has 4 rings (SSSR count). The van der Waals surface area contributed by atoms with Crippen LogP contribution in [0, 0.1) is 6.92 Å². The largest absolute Gasteiger partial charge is 0.463 e. The quantitative estimate of drug-likeness (QED) is 0.545. The minimum Gasteiger partial charge on any atom is -0.463 e. The van der Waals surface area contributed by atoms with E-state index in [4.69, 9.17) is 4.42 Å². The maximum Gasteiger partial charge on any atom is 0.190 e. The Hall–Kier alpha value is -3.25. The molecule has 0 spiro atoms. The second kappa shape index (κ2) is 6.33. The van der Waals surface area contributed by atoms with E-state index < -0.39 is 0 Å². The van der Waals surface area contributed by atoms with Crippen molar-refractivity contribution in [3.05, 3.63) is 72.1 Å². The van der Waals surface area contributed by atoms with E-state index in [9.17, 15) is 5.11 Å². The lowest BCUT2D eigenvalue weighted by atomic mass is 10.2. The van der Waals surface area contributed by atoms with Crippen LogP contribution in [0.1, 0.15) is 11.1 Å².